The molecule has 3 amide bonds. The van der Waals surface area contributed by atoms with Crippen LogP contribution in [0.2, 0.25) is 0 Å². The standard InChI is InChI=1S/C32H41N3O8/c1-39-25-31(37)34-15-17-41-19-21-43-23-22-42-20-18-40-16-13-30(36)33-14-12-32(38)35-24-28-8-3-2-6-26(28)10-11-27-7-4-5-9-29(27)35/h2-9H,12-25H2,1H3,(H,33,36)(H,34,37). The van der Waals surface area contributed by atoms with Gasteiger partial charge in [0.2, 0.25) is 17.7 Å². The first kappa shape index (κ1) is 33.7. The van der Waals surface area contributed by atoms with Crippen LogP contribution in [0, 0.1) is 11.8 Å². The van der Waals surface area contributed by atoms with E-state index in [0.29, 0.717) is 59.3 Å². The number of methoxy groups -OCH3 is 1. The third kappa shape index (κ3) is 12.9. The van der Waals surface area contributed by atoms with Gasteiger partial charge in [-0.15, -0.1) is 0 Å². The number of fused-ring (bicyclic) bond motifs is 2. The second-order valence-electron chi connectivity index (χ2n) is 9.49. The molecule has 3 rings (SSSR count). The van der Waals surface area contributed by atoms with Gasteiger partial charge in [0.15, 0.2) is 0 Å². The zero-order valence-corrected chi connectivity index (χ0v) is 24.7. The number of para-hydroxylation sites is 1. The Labute approximate surface area is 253 Å². The molecule has 0 fully saturated rings. The largest absolute Gasteiger partial charge is 0.379 e. The maximum absolute atomic E-state index is 13.2. The fraction of sp³-hybridized carbons (Fsp3) is 0.469. The number of hydrogen-bond acceptors (Lipinski definition) is 8. The van der Waals surface area contributed by atoms with Crippen LogP contribution in [-0.2, 0) is 44.6 Å². The van der Waals surface area contributed by atoms with Crippen molar-refractivity contribution >= 4 is 23.4 Å². The Balaban J connectivity index is 1.19. The Kier molecular flexibility index (Phi) is 15.8. The molecule has 2 aromatic carbocycles. The van der Waals surface area contributed by atoms with Gasteiger partial charge in [-0.25, -0.2) is 0 Å². The zero-order valence-electron chi connectivity index (χ0n) is 24.7. The molecule has 0 aromatic heterocycles. The monoisotopic (exact) mass is 595 g/mol. The smallest absolute Gasteiger partial charge is 0.246 e. The van der Waals surface area contributed by atoms with Crippen LogP contribution in [0.5, 0.6) is 0 Å². The number of nitrogens with one attached hydrogen (secondary N) is 2. The Hall–Kier alpha value is -3.79. The lowest BCUT2D eigenvalue weighted by Gasteiger charge is -2.26. The Morgan fingerprint density at radius 3 is 2.00 bits per heavy atom. The molecule has 1 heterocycles. The quantitative estimate of drug-likeness (QED) is 0.175. The van der Waals surface area contributed by atoms with Crippen molar-refractivity contribution in [2.45, 2.75) is 19.4 Å². The van der Waals surface area contributed by atoms with E-state index in [9.17, 15) is 14.4 Å². The van der Waals surface area contributed by atoms with Crippen LogP contribution in [0.3, 0.4) is 0 Å². The molecule has 0 saturated carbocycles. The highest BCUT2D eigenvalue weighted by molar-refractivity contribution is 5.95. The molecule has 0 saturated heterocycles. The number of anilines is 1. The Morgan fingerprint density at radius 1 is 0.698 bits per heavy atom. The molecule has 11 nitrogen and oxygen atoms in total. The van der Waals surface area contributed by atoms with Crippen molar-refractivity contribution in [2.24, 2.45) is 0 Å². The van der Waals surface area contributed by atoms with E-state index in [1.165, 1.54) is 7.11 Å². The van der Waals surface area contributed by atoms with Gasteiger partial charge in [-0.2, -0.15) is 0 Å². The van der Waals surface area contributed by atoms with E-state index < -0.39 is 0 Å². The van der Waals surface area contributed by atoms with Crippen LogP contribution in [0.4, 0.5) is 5.69 Å². The van der Waals surface area contributed by atoms with Gasteiger partial charge in [-0.05, 0) is 23.8 Å². The first-order chi connectivity index (χ1) is 21.1. The molecule has 0 unspecified atom stereocenters. The maximum atomic E-state index is 13.2. The van der Waals surface area contributed by atoms with Crippen LogP contribution in [0.15, 0.2) is 48.5 Å². The van der Waals surface area contributed by atoms with Gasteiger partial charge in [-0.1, -0.05) is 42.2 Å². The van der Waals surface area contributed by atoms with Gasteiger partial charge in [0.05, 0.1) is 65.1 Å². The summed E-state index contributed by atoms with van der Waals surface area (Å²) in [5.41, 5.74) is 3.46. The Bertz CT molecular complexity index is 1230. The summed E-state index contributed by atoms with van der Waals surface area (Å²) in [5.74, 6) is 5.96. The summed E-state index contributed by atoms with van der Waals surface area (Å²) in [6, 6.07) is 15.4. The predicted molar refractivity (Wildman–Crippen MR) is 160 cm³/mol. The van der Waals surface area contributed by atoms with Crippen molar-refractivity contribution in [1.82, 2.24) is 10.6 Å². The molecular formula is C32H41N3O8. The number of benzene rings is 2. The number of rotatable bonds is 20. The molecule has 0 spiro atoms. The molecule has 0 atom stereocenters. The van der Waals surface area contributed by atoms with Crippen molar-refractivity contribution in [3.05, 3.63) is 65.2 Å². The molecule has 43 heavy (non-hydrogen) atoms. The molecule has 0 bridgehead atoms. The van der Waals surface area contributed by atoms with E-state index in [1.807, 2.05) is 48.5 Å². The van der Waals surface area contributed by atoms with Crippen LogP contribution in [0.25, 0.3) is 0 Å². The molecule has 2 N–H and O–H groups in total. The highest BCUT2D eigenvalue weighted by Crippen LogP contribution is 2.25. The number of carbonyl (C=O) groups is 3. The molecule has 2 aromatic rings. The number of ether oxygens (including phenoxy) is 5. The van der Waals surface area contributed by atoms with Gasteiger partial charge < -0.3 is 39.2 Å². The number of hydrogen-bond donors (Lipinski definition) is 2. The van der Waals surface area contributed by atoms with E-state index in [2.05, 4.69) is 22.5 Å². The lowest BCUT2D eigenvalue weighted by Crippen LogP contribution is -2.35. The van der Waals surface area contributed by atoms with Crippen molar-refractivity contribution in [3.8, 4) is 11.8 Å². The van der Waals surface area contributed by atoms with E-state index >= 15 is 0 Å². The van der Waals surface area contributed by atoms with E-state index in [0.717, 1.165) is 22.4 Å². The van der Waals surface area contributed by atoms with Crippen molar-refractivity contribution in [1.29, 1.82) is 0 Å². The molecule has 1 aliphatic rings. The minimum atomic E-state index is -0.176. The second-order valence-corrected chi connectivity index (χ2v) is 9.49. The third-order valence-corrected chi connectivity index (χ3v) is 6.27. The SMILES string of the molecule is COCC(=O)NCCOCCOCCOCCOCCC(=O)NCCC(=O)N1Cc2ccccc2C#Cc2ccccc21. The molecule has 11 heteroatoms. The number of amides is 3. The van der Waals surface area contributed by atoms with Crippen LogP contribution >= 0.6 is 0 Å². The van der Waals surface area contributed by atoms with E-state index in [-0.39, 0.29) is 50.3 Å². The summed E-state index contributed by atoms with van der Waals surface area (Å²) in [4.78, 5) is 38.4. The Morgan fingerprint density at radius 2 is 1.28 bits per heavy atom. The van der Waals surface area contributed by atoms with Crippen LogP contribution in [-0.4, -0.2) is 97.4 Å². The van der Waals surface area contributed by atoms with E-state index in [1.54, 1.807) is 4.90 Å². The van der Waals surface area contributed by atoms with Crippen molar-refractivity contribution in [2.75, 3.05) is 84.6 Å². The van der Waals surface area contributed by atoms with Gasteiger partial charge >= 0.3 is 0 Å². The minimum absolute atomic E-state index is 0.0377. The molecular weight excluding hydrogens is 554 g/mol. The average Bonchev–Trinajstić information content (AvgIpc) is 3.00. The second kappa shape index (κ2) is 20.2. The molecule has 0 radical (unpaired) electrons. The van der Waals surface area contributed by atoms with Crippen LogP contribution in [0.1, 0.15) is 29.5 Å². The molecule has 0 aliphatic carbocycles. The van der Waals surface area contributed by atoms with Gasteiger partial charge in [0, 0.05) is 44.2 Å². The van der Waals surface area contributed by atoms with Crippen molar-refractivity contribution in [3.63, 3.8) is 0 Å². The summed E-state index contributed by atoms with van der Waals surface area (Å²) < 4.78 is 26.4. The molecule has 1 aliphatic heterocycles. The highest BCUT2D eigenvalue weighted by atomic mass is 16.6. The topological polar surface area (TPSA) is 125 Å². The number of carbonyl (C=O) groups excluding carboxylic acids is 3. The van der Waals surface area contributed by atoms with Crippen LogP contribution < -0.4 is 15.5 Å². The maximum Gasteiger partial charge on any atom is 0.246 e. The highest BCUT2D eigenvalue weighted by Gasteiger charge is 2.21. The first-order valence-electron chi connectivity index (χ1n) is 14.4. The predicted octanol–water partition coefficient (Wildman–Crippen LogP) is 1.66. The van der Waals surface area contributed by atoms with Gasteiger partial charge in [0.25, 0.3) is 0 Å². The van der Waals surface area contributed by atoms with Crippen molar-refractivity contribution < 1.29 is 38.1 Å². The van der Waals surface area contributed by atoms with Gasteiger partial charge in [0.1, 0.15) is 6.61 Å². The summed E-state index contributed by atoms with van der Waals surface area (Å²) in [6.45, 7) is 4.25. The average molecular weight is 596 g/mol. The summed E-state index contributed by atoms with van der Waals surface area (Å²) in [5, 5.41) is 5.47. The fourth-order valence-corrected chi connectivity index (χ4v) is 4.11. The first-order valence-corrected chi connectivity index (χ1v) is 14.4. The normalized spacial score (nSPS) is 11.8. The zero-order chi connectivity index (χ0) is 30.5. The minimum Gasteiger partial charge on any atom is -0.379 e. The van der Waals surface area contributed by atoms with E-state index in [4.69, 9.17) is 23.7 Å². The summed E-state index contributed by atoms with van der Waals surface area (Å²) >= 11 is 0. The number of nitrogens with zero attached hydrogens (tertiary/aromatic N) is 1. The molecule has 232 valence electrons. The summed E-state index contributed by atoms with van der Waals surface area (Å²) in [7, 11) is 1.47. The lowest BCUT2D eigenvalue weighted by atomic mass is 10.0. The fourth-order valence-electron chi connectivity index (χ4n) is 4.11. The third-order valence-electron chi connectivity index (χ3n) is 6.27. The summed E-state index contributed by atoms with van der Waals surface area (Å²) in [6.07, 6.45) is 0.370. The lowest BCUT2D eigenvalue weighted by molar-refractivity contribution is -0.125. The van der Waals surface area contributed by atoms with Gasteiger partial charge in [-0.3, -0.25) is 14.4 Å².